The van der Waals surface area contributed by atoms with E-state index in [0.29, 0.717) is 0 Å². The van der Waals surface area contributed by atoms with Crippen molar-refractivity contribution in [2.75, 3.05) is 7.05 Å². The summed E-state index contributed by atoms with van der Waals surface area (Å²) in [5.74, 6) is 2.08. The molecule has 0 aliphatic heterocycles. The molecule has 2 aliphatic carbocycles. The van der Waals surface area contributed by atoms with Crippen molar-refractivity contribution in [3.8, 4) is 0 Å². The van der Waals surface area contributed by atoms with Crippen LogP contribution in [0.15, 0.2) is 0 Å². The van der Waals surface area contributed by atoms with Gasteiger partial charge in [-0.05, 0) is 38.1 Å². The summed E-state index contributed by atoms with van der Waals surface area (Å²) in [5, 5.41) is 3.53. The van der Waals surface area contributed by atoms with Crippen molar-refractivity contribution in [2.24, 2.45) is 11.8 Å². The van der Waals surface area contributed by atoms with E-state index in [1.807, 2.05) is 0 Å². The van der Waals surface area contributed by atoms with Crippen LogP contribution in [0.1, 0.15) is 64.2 Å². The minimum atomic E-state index is 0.833. The molecule has 2 unspecified atom stereocenters. The fourth-order valence-corrected chi connectivity index (χ4v) is 3.68. The molecule has 15 heavy (non-hydrogen) atoms. The fraction of sp³-hybridized carbons (Fsp3) is 1.00. The van der Waals surface area contributed by atoms with Gasteiger partial charge in [0, 0.05) is 6.04 Å². The second kappa shape index (κ2) is 5.89. The maximum absolute atomic E-state index is 3.53. The summed E-state index contributed by atoms with van der Waals surface area (Å²) in [4.78, 5) is 0. The van der Waals surface area contributed by atoms with Gasteiger partial charge in [0.25, 0.3) is 0 Å². The van der Waals surface area contributed by atoms with Crippen molar-refractivity contribution in [3.05, 3.63) is 0 Å². The van der Waals surface area contributed by atoms with Gasteiger partial charge in [0.1, 0.15) is 0 Å². The second-order valence-corrected chi connectivity index (χ2v) is 5.67. The summed E-state index contributed by atoms with van der Waals surface area (Å²) < 4.78 is 0. The molecule has 2 saturated carbocycles. The van der Waals surface area contributed by atoms with Crippen molar-refractivity contribution in [3.63, 3.8) is 0 Å². The molecular formula is C14H27N. The summed E-state index contributed by atoms with van der Waals surface area (Å²) in [5.41, 5.74) is 0. The van der Waals surface area contributed by atoms with Crippen molar-refractivity contribution in [1.29, 1.82) is 0 Å². The van der Waals surface area contributed by atoms with Gasteiger partial charge in [-0.25, -0.2) is 0 Å². The summed E-state index contributed by atoms with van der Waals surface area (Å²) in [6.07, 6.45) is 14.9. The first-order valence-corrected chi connectivity index (χ1v) is 7.07. The molecular weight excluding hydrogens is 182 g/mol. The predicted molar refractivity (Wildman–Crippen MR) is 66.0 cm³/mol. The average Bonchev–Trinajstić information content (AvgIpc) is 2.79. The highest BCUT2D eigenvalue weighted by Crippen LogP contribution is 2.34. The lowest BCUT2D eigenvalue weighted by Gasteiger charge is -2.32. The third kappa shape index (κ3) is 3.21. The smallest absolute Gasteiger partial charge is 0.00923 e. The molecule has 0 aromatic rings. The first-order chi connectivity index (χ1) is 7.40. The predicted octanol–water partition coefficient (Wildman–Crippen LogP) is 3.74. The Labute approximate surface area is 95.0 Å². The Hall–Kier alpha value is -0.0400. The summed E-state index contributed by atoms with van der Waals surface area (Å²) in [6.45, 7) is 0. The maximum Gasteiger partial charge on any atom is 0.00923 e. The largest absolute Gasteiger partial charge is 0.317 e. The van der Waals surface area contributed by atoms with Crippen LogP contribution in [0.3, 0.4) is 0 Å². The topological polar surface area (TPSA) is 12.0 Å². The molecule has 0 aromatic carbocycles. The van der Waals surface area contributed by atoms with E-state index in [1.54, 1.807) is 0 Å². The molecule has 1 N–H and O–H groups in total. The minimum absolute atomic E-state index is 0.833. The highest BCUT2D eigenvalue weighted by atomic mass is 14.9. The van der Waals surface area contributed by atoms with Gasteiger partial charge in [0.05, 0.1) is 0 Å². The molecule has 1 heteroatoms. The van der Waals surface area contributed by atoms with Crippen LogP contribution >= 0.6 is 0 Å². The number of hydrogen-bond acceptors (Lipinski definition) is 1. The van der Waals surface area contributed by atoms with Crippen LogP contribution in [-0.4, -0.2) is 13.1 Å². The summed E-state index contributed by atoms with van der Waals surface area (Å²) >= 11 is 0. The lowest BCUT2D eigenvalue weighted by Crippen LogP contribution is -2.36. The number of hydrogen-bond donors (Lipinski definition) is 1. The standard InChI is InChI=1S/C14H27N/c1-15-14-9-5-4-8-13(14)11-10-12-6-2-3-7-12/h12-15H,2-11H2,1H3. The van der Waals surface area contributed by atoms with Crippen LogP contribution < -0.4 is 5.32 Å². The van der Waals surface area contributed by atoms with Crippen LogP contribution in [-0.2, 0) is 0 Å². The molecule has 2 rings (SSSR count). The molecule has 0 spiro atoms. The maximum atomic E-state index is 3.53. The van der Waals surface area contributed by atoms with E-state index in [-0.39, 0.29) is 0 Å². The molecule has 0 amide bonds. The first-order valence-electron chi connectivity index (χ1n) is 7.07. The second-order valence-electron chi connectivity index (χ2n) is 5.67. The van der Waals surface area contributed by atoms with Crippen LogP contribution in [0.4, 0.5) is 0 Å². The van der Waals surface area contributed by atoms with E-state index in [1.165, 1.54) is 64.2 Å². The Bertz CT molecular complexity index is 172. The lowest BCUT2D eigenvalue weighted by atomic mass is 9.80. The van der Waals surface area contributed by atoms with Crippen LogP contribution in [0.5, 0.6) is 0 Å². The summed E-state index contributed by atoms with van der Waals surface area (Å²) in [7, 11) is 2.15. The quantitative estimate of drug-likeness (QED) is 0.744. The van der Waals surface area contributed by atoms with Crippen LogP contribution in [0, 0.1) is 11.8 Å². The molecule has 2 aliphatic rings. The Balaban J connectivity index is 1.71. The van der Waals surface area contributed by atoms with Gasteiger partial charge in [-0.2, -0.15) is 0 Å². The van der Waals surface area contributed by atoms with E-state index in [0.717, 1.165) is 17.9 Å². The molecule has 0 radical (unpaired) electrons. The fourth-order valence-electron chi connectivity index (χ4n) is 3.68. The van der Waals surface area contributed by atoms with Gasteiger partial charge in [-0.1, -0.05) is 44.9 Å². The Morgan fingerprint density at radius 2 is 1.53 bits per heavy atom. The van der Waals surface area contributed by atoms with Crippen molar-refractivity contribution < 1.29 is 0 Å². The van der Waals surface area contributed by atoms with Crippen LogP contribution in [0.2, 0.25) is 0 Å². The summed E-state index contributed by atoms with van der Waals surface area (Å²) in [6, 6.07) is 0.833. The van der Waals surface area contributed by atoms with Crippen molar-refractivity contribution in [2.45, 2.75) is 70.3 Å². The molecule has 1 nitrogen and oxygen atoms in total. The normalized spacial score (nSPS) is 33.4. The third-order valence-electron chi connectivity index (χ3n) is 4.70. The lowest BCUT2D eigenvalue weighted by molar-refractivity contribution is 0.243. The Morgan fingerprint density at radius 1 is 0.867 bits per heavy atom. The Kier molecular flexibility index (Phi) is 4.49. The average molecular weight is 209 g/mol. The number of nitrogens with one attached hydrogen (secondary N) is 1. The van der Waals surface area contributed by atoms with Gasteiger partial charge in [-0.15, -0.1) is 0 Å². The van der Waals surface area contributed by atoms with E-state index in [9.17, 15) is 0 Å². The van der Waals surface area contributed by atoms with Gasteiger partial charge in [-0.3, -0.25) is 0 Å². The van der Waals surface area contributed by atoms with E-state index >= 15 is 0 Å². The molecule has 88 valence electrons. The molecule has 2 atom stereocenters. The highest BCUT2D eigenvalue weighted by Gasteiger charge is 2.25. The Morgan fingerprint density at radius 3 is 2.27 bits per heavy atom. The van der Waals surface area contributed by atoms with E-state index in [2.05, 4.69) is 12.4 Å². The monoisotopic (exact) mass is 209 g/mol. The van der Waals surface area contributed by atoms with Crippen molar-refractivity contribution >= 4 is 0 Å². The molecule has 0 bridgehead atoms. The zero-order chi connectivity index (χ0) is 10.5. The molecule has 2 fully saturated rings. The van der Waals surface area contributed by atoms with Gasteiger partial charge in [0.2, 0.25) is 0 Å². The first kappa shape index (κ1) is 11.4. The third-order valence-corrected chi connectivity index (χ3v) is 4.70. The van der Waals surface area contributed by atoms with Gasteiger partial charge >= 0.3 is 0 Å². The highest BCUT2D eigenvalue weighted by molar-refractivity contribution is 4.81. The molecule has 0 heterocycles. The van der Waals surface area contributed by atoms with Crippen molar-refractivity contribution in [1.82, 2.24) is 5.32 Å². The number of rotatable bonds is 4. The SMILES string of the molecule is CNC1CCCCC1CCC1CCCC1. The molecule has 0 saturated heterocycles. The zero-order valence-corrected chi connectivity index (χ0v) is 10.3. The van der Waals surface area contributed by atoms with Crippen LogP contribution in [0.25, 0.3) is 0 Å². The van der Waals surface area contributed by atoms with E-state index < -0.39 is 0 Å². The van der Waals surface area contributed by atoms with Gasteiger partial charge in [0.15, 0.2) is 0 Å². The minimum Gasteiger partial charge on any atom is -0.317 e. The molecule has 0 aromatic heterocycles. The zero-order valence-electron chi connectivity index (χ0n) is 10.3. The van der Waals surface area contributed by atoms with Gasteiger partial charge < -0.3 is 5.32 Å². The van der Waals surface area contributed by atoms with E-state index in [4.69, 9.17) is 0 Å².